The summed E-state index contributed by atoms with van der Waals surface area (Å²) in [5.41, 5.74) is 0.664. The average Bonchev–Trinajstić information content (AvgIpc) is 2.19. The molecule has 2 N–H and O–H groups in total. The molecule has 0 aliphatic rings. The van der Waals surface area contributed by atoms with Gasteiger partial charge in [-0.25, -0.2) is 4.79 Å². The molecule has 4 heteroatoms. The van der Waals surface area contributed by atoms with Crippen LogP contribution in [0.1, 0.15) is 20.3 Å². The van der Waals surface area contributed by atoms with E-state index in [1.807, 2.05) is 26.0 Å². The van der Waals surface area contributed by atoms with Crippen LogP contribution >= 0.6 is 11.6 Å². The van der Waals surface area contributed by atoms with E-state index in [4.69, 9.17) is 16.7 Å². The van der Waals surface area contributed by atoms with Crippen molar-refractivity contribution in [3.05, 3.63) is 29.3 Å². The van der Waals surface area contributed by atoms with Gasteiger partial charge in [-0.15, -0.1) is 0 Å². The lowest BCUT2D eigenvalue weighted by atomic mass is 10.0. The van der Waals surface area contributed by atoms with Gasteiger partial charge in [0.05, 0.1) is 10.7 Å². The maximum Gasteiger partial charge on any atom is 0.326 e. The minimum Gasteiger partial charge on any atom is -0.480 e. The number of carboxylic acids is 1. The van der Waals surface area contributed by atoms with E-state index < -0.39 is 12.0 Å². The van der Waals surface area contributed by atoms with Crippen molar-refractivity contribution in [1.82, 2.24) is 0 Å². The predicted molar refractivity (Wildman–Crippen MR) is 66.0 cm³/mol. The molecule has 0 aliphatic carbocycles. The van der Waals surface area contributed by atoms with Gasteiger partial charge in [0.2, 0.25) is 0 Å². The van der Waals surface area contributed by atoms with Gasteiger partial charge in [0.15, 0.2) is 0 Å². The van der Waals surface area contributed by atoms with Crippen LogP contribution in [0, 0.1) is 5.92 Å². The van der Waals surface area contributed by atoms with Gasteiger partial charge < -0.3 is 10.4 Å². The summed E-state index contributed by atoms with van der Waals surface area (Å²) in [6, 6.07) is 6.55. The number of halogens is 1. The molecular weight excluding hydrogens is 226 g/mol. The van der Waals surface area contributed by atoms with Crippen LogP contribution in [0.2, 0.25) is 5.02 Å². The Bertz CT molecular complexity index is 366. The van der Waals surface area contributed by atoms with Gasteiger partial charge >= 0.3 is 5.97 Å². The largest absolute Gasteiger partial charge is 0.480 e. The monoisotopic (exact) mass is 241 g/mol. The molecule has 1 rings (SSSR count). The van der Waals surface area contributed by atoms with Crippen molar-refractivity contribution in [2.24, 2.45) is 5.92 Å². The quantitative estimate of drug-likeness (QED) is 0.832. The van der Waals surface area contributed by atoms with Crippen molar-refractivity contribution in [3.8, 4) is 0 Å². The number of benzene rings is 1. The molecule has 0 bridgehead atoms. The molecule has 0 fully saturated rings. The molecule has 0 saturated heterocycles. The number of nitrogens with one attached hydrogen (secondary N) is 1. The Balaban J connectivity index is 2.76. The van der Waals surface area contributed by atoms with Crippen LogP contribution in [0.15, 0.2) is 24.3 Å². The first kappa shape index (κ1) is 12.8. The van der Waals surface area contributed by atoms with Gasteiger partial charge in [0, 0.05) is 0 Å². The second-order valence-corrected chi connectivity index (χ2v) is 4.55. The second-order valence-electron chi connectivity index (χ2n) is 4.14. The van der Waals surface area contributed by atoms with E-state index in [1.54, 1.807) is 12.1 Å². The zero-order chi connectivity index (χ0) is 12.1. The zero-order valence-corrected chi connectivity index (χ0v) is 10.2. The average molecular weight is 242 g/mol. The molecule has 1 aromatic carbocycles. The zero-order valence-electron chi connectivity index (χ0n) is 9.40. The highest BCUT2D eigenvalue weighted by molar-refractivity contribution is 6.33. The highest BCUT2D eigenvalue weighted by Crippen LogP contribution is 2.22. The van der Waals surface area contributed by atoms with Gasteiger partial charge in [0.25, 0.3) is 0 Å². The van der Waals surface area contributed by atoms with Crippen LogP contribution in [0.5, 0.6) is 0 Å². The Kier molecular flexibility index (Phi) is 4.62. The topological polar surface area (TPSA) is 49.3 Å². The molecular formula is C12H16ClNO2. The number of hydrogen-bond acceptors (Lipinski definition) is 2. The number of rotatable bonds is 5. The SMILES string of the molecule is CC(C)CC(Nc1ccccc1Cl)C(=O)O. The summed E-state index contributed by atoms with van der Waals surface area (Å²) < 4.78 is 0. The summed E-state index contributed by atoms with van der Waals surface area (Å²) >= 11 is 5.95. The molecule has 0 amide bonds. The molecule has 0 radical (unpaired) electrons. The first-order chi connectivity index (χ1) is 7.50. The van der Waals surface area contributed by atoms with Crippen LogP contribution in [-0.4, -0.2) is 17.1 Å². The fraction of sp³-hybridized carbons (Fsp3) is 0.417. The van der Waals surface area contributed by atoms with Gasteiger partial charge in [-0.3, -0.25) is 0 Å². The van der Waals surface area contributed by atoms with E-state index >= 15 is 0 Å². The standard InChI is InChI=1S/C12H16ClNO2/c1-8(2)7-11(12(15)16)14-10-6-4-3-5-9(10)13/h3-6,8,11,14H,7H2,1-2H3,(H,15,16). The third-order valence-corrected chi connectivity index (χ3v) is 2.54. The van der Waals surface area contributed by atoms with Crippen LogP contribution in [-0.2, 0) is 4.79 Å². The fourth-order valence-corrected chi connectivity index (χ4v) is 1.65. The van der Waals surface area contributed by atoms with E-state index in [0.717, 1.165) is 0 Å². The number of aliphatic carboxylic acids is 1. The van der Waals surface area contributed by atoms with Gasteiger partial charge in [-0.2, -0.15) is 0 Å². The van der Waals surface area contributed by atoms with Gasteiger partial charge in [-0.1, -0.05) is 37.6 Å². The summed E-state index contributed by atoms with van der Waals surface area (Å²) in [7, 11) is 0. The van der Waals surface area contributed by atoms with Crippen LogP contribution in [0.3, 0.4) is 0 Å². The van der Waals surface area contributed by atoms with Crippen molar-refractivity contribution < 1.29 is 9.90 Å². The molecule has 0 heterocycles. The minimum absolute atomic E-state index is 0.316. The number of carbonyl (C=O) groups is 1. The Hall–Kier alpha value is -1.22. The summed E-state index contributed by atoms with van der Waals surface area (Å²) in [5.74, 6) is -0.537. The lowest BCUT2D eigenvalue weighted by molar-refractivity contribution is -0.138. The third kappa shape index (κ3) is 3.74. The minimum atomic E-state index is -0.853. The number of anilines is 1. The van der Waals surface area contributed by atoms with E-state index in [9.17, 15) is 4.79 Å². The van der Waals surface area contributed by atoms with Crippen molar-refractivity contribution in [3.63, 3.8) is 0 Å². The summed E-state index contributed by atoms with van der Waals surface area (Å²) in [4.78, 5) is 11.0. The molecule has 16 heavy (non-hydrogen) atoms. The van der Waals surface area contributed by atoms with Gasteiger partial charge in [0.1, 0.15) is 6.04 Å². The van der Waals surface area contributed by atoms with Crippen molar-refractivity contribution in [1.29, 1.82) is 0 Å². The Morgan fingerprint density at radius 2 is 2.06 bits per heavy atom. The van der Waals surface area contributed by atoms with E-state index in [0.29, 0.717) is 23.0 Å². The Morgan fingerprint density at radius 3 is 2.56 bits per heavy atom. The molecule has 0 spiro atoms. The Labute approximate surface area is 100 Å². The maximum absolute atomic E-state index is 11.0. The first-order valence-corrected chi connectivity index (χ1v) is 5.62. The van der Waals surface area contributed by atoms with Gasteiger partial charge in [-0.05, 0) is 24.5 Å². The summed E-state index contributed by atoms with van der Waals surface area (Å²) in [6.45, 7) is 3.98. The van der Waals surface area contributed by atoms with E-state index in [-0.39, 0.29) is 0 Å². The van der Waals surface area contributed by atoms with E-state index in [1.165, 1.54) is 0 Å². The lowest BCUT2D eigenvalue weighted by Crippen LogP contribution is -2.30. The molecule has 0 aromatic heterocycles. The highest BCUT2D eigenvalue weighted by atomic mass is 35.5. The Morgan fingerprint density at radius 1 is 1.44 bits per heavy atom. The molecule has 1 unspecified atom stereocenters. The van der Waals surface area contributed by atoms with Crippen LogP contribution in [0.4, 0.5) is 5.69 Å². The molecule has 1 atom stereocenters. The maximum atomic E-state index is 11.0. The fourth-order valence-electron chi connectivity index (χ4n) is 1.46. The smallest absolute Gasteiger partial charge is 0.326 e. The number of hydrogen-bond donors (Lipinski definition) is 2. The van der Waals surface area contributed by atoms with Crippen molar-refractivity contribution in [2.75, 3.05) is 5.32 Å². The molecule has 0 aliphatic heterocycles. The highest BCUT2D eigenvalue weighted by Gasteiger charge is 2.19. The van der Waals surface area contributed by atoms with Crippen LogP contribution in [0.25, 0.3) is 0 Å². The lowest BCUT2D eigenvalue weighted by Gasteiger charge is -2.18. The molecule has 0 saturated carbocycles. The number of para-hydroxylation sites is 1. The summed E-state index contributed by atoms with van der Waals surface area (Å²) in [5, 5.41) is 12.6. The molecule has 1 aromatic rings. The first-order valence-electron chi connectivity index (χ1n) is 5.24. The predicted octanol–water partition coefficient (Wildman–Crippen LogP) is 3.25. The second kappa shape index (κ2) is 5.75. The van der Waals surface area contributed by atoms with Crippen LogP contribution < -0.4 is 5.32 Å². The number of carboxylic acid groups (broad SMARTS) is 1. The summed E-state index contributed by atoms with van der Waals surface area (Å²) in [6.07, 6.45) is 0.570. The van der Waals surface area contributed by atoms with Crippen molar-refractivity contribution >= 4 is 23.3 Å². The molecule has 3 nitrogen and oxygen atoms in total. The normalized spacial score (nSPS) is 12.5. The van der Waals surface area contributed by atoms with E-state index in [2.05, 4.69) is 5.32 Å². The third-order valence-electron chi connectivity index (χ3n) is 2.21. The van der Waals surface area contributed by atoms with Crippen molar-refractivity contribution in [2.45, 2.75) is 26.3 Å². The molecule has 88 valence electrons.